The number of carbonyl (C=O) groups is 2. The summed E-state index contributed by atoms with van der Waals surface area (Å²) in [5.41, 5.74) is 4.40. The second kappa shape index (κ2) is 9.36. The van der Waals surface area contributed by atoms with Crippen molar-refractivity contribution in [2.75, 3.05) is 36.1 Å². The molecule has 3 heterocycles. The Balaban J connectivity index is 1.22. The predicted octanol–water partition coefficient (Wildman–Crippen LogP) is 3.28. The average molecular weight is 459 g/mol. The Morgan fingerprint density at radius 1 is 1.09 bits per heavy atom. The first-order valence-electron chi connectivity index (χ1n) is 11.2. The Morgan fingerprint density at radius 2 is 1.85 bits per heavy atom. The highest BCUT2D eigenvalue weighted by Gasteiger charge is 2.17. The van der Waals surface area contributed by atoms with E-state index in [1.807, 2.05) is 30.3 Å². The molecule has 2 aromatic heterocycles. The van der Waals surface area contributed by atoms with Crippen LogP contribution in [0.4, 0.5) is 17.2 Å². The molecular weight excluding hydrogens is 432 g/mol. The maximum atomic E-state index is 12.7. The van der Waals surface area contributed by atoms with Crippen LogP contribution in [0.15, 0.2) is 48.5 Å². The van der Waals surface area contributed by atoms with Crippen molar-refractivity contribution in [3.63, 3.8) is 0 Å². The molecule has 2 amide bonds. The third-order valence-corrected chi connectivity index (χ3v) is 6.02. The Morgan fingerprint density at radius 3 is 2.62 bits per heavy atom. The molecule has 174 valence electrons. The molecule has 0 bridgehead atoms. The fourth-order valence-electron chi connectivity index (χ4n) is 4.10. The molecule has 0 spiro atoms. The lowest BCUT2D eigenvalue weighted by Gasteiger charge is -2.30. The molecule has 1 aliphatic rings. The van der Waals surface area contributed by atoms with Gasteiger partial charge in [0, 0.05) is 29.0 Å². The van der Waals surface area contributed by atoms with E-state index in [-0.39, 0.29) is 5.91 Å². The molecular formula is C24H26N8O2. The van der Waals surface area contributed by atoms with E-state index in [4.69, 9.17) is 0 Å². The minimum atomic E-state index is -0.238. The summed E-state index contributed by atoms with van der Waals surface area (Å²) in [5, 5.41) is 16.1. The van der Waals surface area contributed by atoms with Crippen LogP contribution >= 0.6 is 0 Å². The summed E-state index contributed by atoms with van der Waals surface area (Å²) < 4.78 is 0. The second-order valence-corrected chi connectivity index (χ2v) is 8.50. The largest absolute Gasteiger partial charge is 0.382 e. The van der Waals surface area contributed by atoms with Crippen LogP contribution in [0, 0.1) is 0 Å². The lowest BCUT2D eigenvalue weighted by atomic mass is 10.0. The average Bonchev–Trinajstić information content (AvgIpc) is 3.48. The molecule has 0 atom stereocenters. The molecule has 1 aliphatic heterocycles. The van der Waals surface area contributed by atoms with E-state index in [1.165, 1.54) is 0 Å². The maximum absolute atomic E-state index is 12.7. The van der Waals surface area contributed by atoms with Gasteiger partial charge in [0.2, 0.25) is 6.41 Å². The molecule has 5 rings (SSSR count). The zero-order valence-corrected chi connectivity index (χ0v) is 18.8. The summed E-state index contributed by atoms with van der Waals surface area (Å²) in [6.07, 6.45) is 2.85. The van der Waals surface area contributed by atoms with Gasteiger partial charge in [0.1, 0.15) is 5.69 Å². The molecule has 5 N–H and O–H groups in total. The third-order valence-electron chi connectivity index (χ3n) is 6.02. The van der Waals surface area contributed by atoms with Gasteiger partial charge in [0.05, 0.1) is 11.0 Å². The molecule has 0 unspecified atom stereocenters. The number of amides is 2. The van der Waals surface area contributed by atoms with Gasteiger partial charge in [-0.15, -0.1) is 0 Å². The van der Waals surface area contributed by atoms with Gasteiger partial charge < -0.3 is 25.8 Å². The highest BCUT2D eigenvalue weighted by molar-refractivity contribution is 6.04. The minimum Gasteiger partial charge on any atom is -0.382 e. The van der Waals surface area contributed by atoms with Crippen LogP contribution in [0.5, 0.6) is 0 Å². The van der Waals surface area contributed by atoms with E-state index < -0.39 is 0 Å². The van der Waals surface area contributed by atoms with E-state index in [9.17, 15) is 9.59 Å². The summed E-state index contributed by atoms with van der Waals surface area (Å²) in [5.74, 6) is 0.742. The summed E-state index contributed by atoms with van der Waals surface area (Å²) in [6, 6.07) is 15.1. The molecule has 0 aliphatic carbocycles. The predicted molar refractivity (Wildman–Crippen MR) is 132 cm³/mol. The summed E-state index contributed by atoms with van der Waals surface area (Å²) in [6.45, 7) is 2.19. The van der Waals surface area contributed by atoms with Gasteiger partial charge in [-0.05, 0) is 75.4 Å². The molecule has 0 radical (unpaired) electrons. The Kier molecular flexibility index (Phi) is 5.96. The van der Waals surface area contributed by atoms with Crippen molar-refractivity contribution in [1.82, 2.24) is 25.1 Å². The maximum Gasteiger partial charge on any atom is 0.256 e. The van der Waals surface area contributed by atoms with Crippen molar-refractivity contribution >= 4 is 40.5 Å². The highest BCUT2D eigenvalue weighted by atomic mass is 16.1. The van der Waals surface area contributed by atoms with Crippen LogP contribution in [-0.2, 0) is 4.79 Å². The van der Waals surface area contributed by atoms with Crippen molar-refractivity contribution in [2.45, 2.75) is 18.9 Å². The van der Waals surface area contributed by atoms with Gasteiger partial charge in [0.15, 0.2) is 11.6 Å². The van der Waals surface area contributed by atoms with Gasteiger partial charge in [-0.2, -0.15) is 5.10 Å². The standard InChI is InChI=1S/C24H26N8O2/c1-32-10-8-17(9-11-32)26-16-4-2-15(3-5-16)24(34)29-22-13-21(30-31-22)23-27-19-7-6-18(25-14-33)12-20(19)28-23/h2-7,12-14,17,26H,8-11H2,1H3,(H,25,33)(H,27,28)(H2,29,30,31,34). The normalized spacial score (nSPS) is 14.7. The smallest absolute Gasteiger partial charge is 0.256 e. The Bertz CT molecular complexity index is 1300. The fraction of sp³-hybridized carbons (Fsp3) is 0.250. The van der Waals surface area contributed by atoms with E-state index in [2.05, 4.69) is 48.1 Å². The van der Waals surface area contributed by atoms with Gasteiger partial charge >= 0.3 is 0 Å². The first-order chi connectivity index (χ1) is 16.6. The van der Waals surface area contributed by atoms with Crippen LogP contribution in [0.3, 0.4) is 0 Å². The number of nitrogens with zero attached hydrogens (tertiary/aromatic N) is 3. The topological polar surface area (TPSA) is 131 Å². The van der Waals surface area contributed by atoms with Crippen LogP contribution in [0.25, 0.3) is 22.6 Å². The number of aromatic amines is 2. The summed E-state index contributed by atoms with van der Waals surface area (Å²) >= 11 is 0. The molecule has 1 saturated heterocycles. The number of fused-ring (bicyclic) bond motifs is 1. The number of H-pyrrole nitrogens is 2. The molecule has 2 aromatic carbocycles. The van der Waals surface area contributed by atoms with Crippen molar-refractivity contribution < 1.29 is 9.59 Å². The number of anilines is 3. The zero-order valence-electron chi connectivity index (χ0n) is 18.8. The number of hydrogen-bond acceptors (Lipinski definition) is 6. The summed E-state index contributed by atoms with van der Waals surface area (Å²) in [7, 11) is 2.15. The third kappa shape index (κ3) is 4.76. The molecule has 1 fully saturated rings. The van der Waals surface area contributed by atoms with Crippen LogP contribution in [0.1, 0.15) is 23.2 Å². The van der Waals surface area contributed by atoms with Crippen molar-refractivity contribution in [3.05, 3.63) is 54.1 Å². The monoisotopic (exact) mass is 458 g/mol. The Labute approximate surface area is 196 Å². The number of nitrogens with one attached hydrogen (secondary N) is 5. The van der Waals surface area contributed by atoms with Crippen LogP contribution in [0.2, 0.25) is 0 Å². The van der Waals surface area contributed by atoms with E-state index >= 15 is 0 Å². The van der Waals surface area contributed by atoms with Gasteiger partial charge in [-0.25, -0.2) is 4.98 Å². The summed E-state index contributed by atoms with van der Waals surface area (Å²) in [4.78, 5) is 33.4. The van der Waals surface area contributed by atoms with Gasteiger partial charge in [-0.1, -0.05) is 0 Å². The number of aromatic nitrogens is 4. The van der Waals surface area contributed by atoms with Crippen LogP contribution in [-0.4, -0.2) is 63.6 Å². The highest BCUT2D eigenvalue weighted by Crippen LogP contribution is 2.23. The first-order valence-corrected chi connectivity index (χ1v) is 11.2. The first kappa shape index (κ1) is 21.7. The SMILES string of the molecule is CN1CCC(Nc2ccc(C(=O)Nc3cc(-c4nc5ccc(NC=O)cc5[nH]4)[nH]n3)cc2)CC1. The number of rotatable bonds is 7. The van der Waals surface area contributed by atoms with Crippen LogP contribution < -0.4 is 16.0 Å². The lowest BCUT2D eigenvalue weighted by Crippen LogP contribution is -2.36. The number of hydrogen-bond donors (Lipinski definition) is 5. The molecule has 10 nitrogen and oxygen atoms in total. The van der Waals surface area contributed by atoms with Crippen molar-refractivity contribution in [2.24, 2.45) is 0 Å². The Hall–Kier alpha value is -4.18. The molecule has 0 saturated carbocycles. The number of benzene rings is 2. The zero-order chi connectivity index (χ0) is 23.5. The second-order valence-electron chi connectivity index (χ2n) is 8.50. The molecule has 34 heavy (non-hydrogen) atoms. The quantitative estimate of drug-likeness (QED) is 0.270. The van der Waals surface area contributed by atoms with E-state index in [0.29, 0.717) is 41.0 Å². The van der Waals surface area contributed by atoms with Crippen molar-refractivity contribution in [3.8, 4) is 11.5 Å². The lowest BCUT2D eigenvalue weighted by molar-refractivity contribution is -0.105. The number of carbonyl (C=O) groups excluding carboxylic acids is 2. The van der Waals surface area contributed by atoms with E-state index in [1.54, 1.807) is 18.2 Å². The fourth-order valence-corrected chi connectivity index (χ4v) is 4.10. The number of likely N-dealkylation sites (tertiary alicyclic amines) is 1. The van der Waals surface area contributed by atoms with Crippen molar-refractivity contribution in [1.29, 1.82) is 0 Å². The molecule has 10 heteroatoms. The van der Waals surface area contributed by atoms with E-state index in [0.717, 1.165) is 42.7 Å². The minimum absolute atomic E-state index is 0.238. The molecule has 4 aromatic rings. The van der Waals surface area contributed by atoms with Gasteiger partial charge in [-0.3, -0.25) is 14.7 Å². The number of piperidine rings is 1. The number of imidazole rings is 1. The van der Waals surface area contributed by atoms with Gasteiger partial charge in [0.25, 0.3) is 5.91 Å².